The molecular formula is C9H13NO8P2. The van der Waals surface area contributed by atoms with Crippen LogP contribution in [0.5, 0.6) is 0 Å². The second-order valence-electron chi connectivity index (χ2n) is 3.43. The molecule has 0 radical (unpaired) electrons. The predicted octanol–water partition coefficient (Wildman–Crippen LogP) is -0.0105. The van der Waals surface area contributed by atoms with Crippen LogP contribution in [0.4, 0.5) is 0 Å². The molecule has 112 valence electrons. The van der Waals surface area contributed by atoms with E-state index in [4.69, 9.17) is 14.9 Å². The zero-order valence-electron chi connectivity index (χ0n) is 9.98. The summed E-state index contributed by atoms with van der Waals surface area (Å²) >= 11 is 0. The summed E-state index contributed by atoms with van der Waals surface area (Å²) < 4.78 is 29.6. The molecule has 0 saturated heterocycles. The van der Waals surface area contributed by atoms with E-state index in [-0.39, 0.29) is 12.2 Å². The Labute approximate surface area is 115 Å². The Kier molecular flexibility index (Phi) is 7.04. The SMILES string of the molecule is O=C(NC(O[PH](=O)O)O[PH](=O)O)c1ccc(CO)cc1. The van der Waals surface area contributed by atoms with E-state index in [2.05, 4.69) is 9.05 Å². The third-order valence-electron chi connectivity index (χ3n) is 2.06. The molecule has 2 unspecified atom stereocenters. The smallest absolute Gasteiger partial charge is 0.320 e. The first-order chi connectivity index (χ1) is 9.42. The van der Waals surface area contributed by atoms with Gasteiger partial charge in [-0.3, -0.25) is 23.0 Å². The van der Waals surface area contributed by atoms with Gasteiger partial charge in [0.15, 0.2) is 0 Å². The molecule has 0 heterocycles. The van der Waals surface area contributed by atoms with Crippen LogP contribution in [0.15, 0.2) is 24.3 Å². The fraction of sp³-hybridized carbons (Fsp3) is 0.222. The standard InChI is InChI=1S/C9H13NO8P2/c11-5-6-1-3-7(4-2-6)8(12)10-9(17-19(13)14)18-20(15)16/h1-4,9,11,19-20H,5H2,(H,10,12)(H,13,14)(H,15,16). The molecule has 1 aromatic carbocycles. The summed E-state index contributed by atoms with van der Waals surface area (Å²) in [4.78, 5) is 28.9. The molecule has 0 aliphatic heterocycles. The monoisotopic (exact) mass is 325 g/mol. The van der Waals surface area contributed by atoms with Gasteiger partial charge in [0, 0.05) is 5.56 Å². The molecular weight excluding hydrogens is 312 g/mol. The first-order valence-electron chi connectivity index (χ1n) is 5.22. The number of nitrogens with one attached hydrogen (secondary N) is 1. The van der Waals surface area contributed by atoms with E-state index in [0.29, 0.717) is 5.56 Å². The Morgan fingerprint density at radius 1 is 1.15 bits per heavy atom. The second kappa shape index (κ2) is 8.28. The first-order valence-corrected chi connectivity index (χ1v) is 7.75. The van der Waals surface area contributed by atoms with Gasteiger partial charge in [-0.25, -0.2) is 0 Å². The third-order valence-corrected chi connectivity index (χ3v) is 2.89. The minimum absolute atomic E-state index is 0.148. The minimum Gasteiger partial charge on any atom is -0.392 e. The lowest BCUT2D eigenvalue weighted by Gasteiger charge is -2.16. The lowest BCUT2D eigenvalue weighted by atomic mass is 10.1. The minimum atomic E-state index is -3.47. The van der Waals surface area contributed by atoms with Crippen molar-refractivity contribution in [2.45, 2.75) is 13.0 Å². The van der Waals surface area contributed by atoms with Crippen LogP contribution < -0.4 is 5.32 Å². The molecule has 1 aromatic rings. The average molecular weight is 325 g/mol. The van der Waals surface area contributed by atoms with Gasteiger partial charge in [-0.1, -0.05) is 12.1 Å². The Hall–Kier alpha value is -1.05. The van der Waals surface area contributed by atoms with Crippen molar-refractivity contribution >= 4 is 22.4 Å². The summed E-state index contributed by atoms with van der Waals surface area (Å²) in [5.41, 5.74) is 0.737. The highest BCUT2D eigenvalue weighted by Gasteiger charge is 2.18. The summed E-state index contributed by atoms with van der Waals surface area (Å²) in [5, 5.41) is 10.9. The quantitative estimate of drug-likeness (QED) is 0.405. The van der Waals surface area contributed by atoms with Crippen molar-refractivity contribution in [3.8, 4) is 0 Å². The Bertz CT molecular complexity index is 489. The zero-order valence-corrected chi connectivity index (χ0v) is 12.0. The van der Waals surface area contributed by atoms with Crippen LogP contribution in [0.2, 0.25) is 0 Å². The van der Waals surface area contributed by atoms with E-state index < -0.39 is 28.8 Å². The van der Waals surface area contributed by atoms with Crippen LogP contribution >= 0.6 is 16.5 Å². The fourth-order valence-electron chi connectivity index (χ4n) is 1.22. The van der Waals surface area contributed by atoms with E-state index in [9.17, 15) is 13.9 Å². The molecule has 0 saturated carbocycles. The number of hydrogen-bond acceptors (Lipinski definition) is 6. The molecule has 0 bridgehead atoms. The molecule has 0 spiro atoms. The van der Waals surface area contributed by atoms with Gasteiger partial charge in [0.1, 0.15) is 0 Å². The van der Waals surface area contributed by atoms with Gasteiger partial charge in [0.25, 0.3) is 12.3 Å². The largest absolute Gasteiger partial charge is 0.392 e. The maximum atomic E-state index is 11.7. The molecule has 1 rings (SSSR count). The van der Waals surface area contributed by atoms with Crippen molar-refractivity contribution < 1.29 is 37.9 Å². The van der Waals surface area contributed by atoms with Gasteiger partial charge >= 0.3 is 16.5 Å². The van der Waals surface area contributed by atoms with Crippen LogP contribution in [-0.2, 0) is 24.8 Å². The van der Waals surface area contributed by atoms with Gasteiger partial charge in [-0.15, -0.1) is 0 Å². The predicted molar refractivity (Wildman–Crippen MR) is 68.2 cm³/mol. The highest BCUT2D eigenvalue weighted by Crippen LogP contribution is 2.24. The van der Waals surface area contributed by atoms with E-state index in [1.807, 2.05) is 5.32 Å². The molecule has 0 aliphatic rings. The number of benzene rings is 1. The van der Waals surface area contributed by atoms with Gasteiger partial charge in [-0.2, -0.15) is 0 Å². The van der Waals surface area contributed by atoms with Crippen molar-refractivity contribution in [3.05, 3.63) is 35.4 Å². The topological polar surface area (TPSA) is 142 Å². The van der Waals surface area contributed by atoms with Crippen LogP contribution in [0.3, 0.4) is 0 Å². The van der Waals surface area contributed by atoms with Crippen LogP contribution in [-0.4, -0.2) is 27.2 Å². The number of rotatable bonds is 7. The number of hydrogen-bond donors (Lipinski definition) is 4. The van der Waals surface area contributed by atoms with Gasteiger partial charge in [0.2, 0.25) is 0 Å². The molecule has 0 aromatic heterocycles. The first kappa shape index (κ1) is 17.0. The molecule has 1 amide bonds. The van der Waals surface area contributed by atoms with Crippen LogP contribution in [0.25, 0.3) is 0 Å². The summed E-state index contributed by atoms with van der Waals surface area (Å²) in [6, 6.07) is 5.77. The van der Waals surface area contributed by atoms with Crippen molar-refractivity contribution in [1.82, 2.24) is 5.32 Å². The Morgan fingerprint density at radius 3 is 2.05 bits per heavy atom. The van der Waals surface area contributed by atoms with Crippen LogP contribution in [0, 0.1) is 0 Å². The highest BCUT2D eigenvalue weighted by molar-refractivity contribution is 7.32. The maximum Gasteiger partial charge on any atom is 0.320 e. The number of aliphatic hydroxyl groups excluding tert-OH is 1. The Balaban J connectivity index is 2.72. The molecule has 0 fully saturated rings. The van der Waals surface area contributed by atoms with E-state index in [1.54, 1.807) is 0 Å². The van der Waals surface area contributed by atoms with E-state index in [0.717, 1.165) is 0 Å². The molecule has 11 heteroatoms. The van der Waals surface area contributed by atoms with Crippen molar-refractivity contribution in [1.29, 1.82) is 0 Å². The van der Waals surface area contributed by atoms with Gasteiger partial charge in [0.05, 0.1) is 6.61 Å². The molecule has 4 N–H and O–H groups in total. The second-order valence-corrected chi connectivity index (χ2v) is 4.96. The molecule has 0 aliphatic carbocycles. The third kappa shape index (κ3) is 5.94. The van der Waals surface area contributed by atoms with Gasteiger partial charge < -0.3 is 20.2 Å². The number of aliphatic hydroxyl groups is 1. The van der Waals surface area contributed by atoms with E-state index >= 15 is 0 Å². The average Bonchev–Trinajstić information content (AvgIpc) is 2.37. The van der Waals surface area contributed by atoms with Crippen LogP contribution in [0.1, 0.15) is 15.9 Å². The Morgan fingerprint density at radius 2 is 1.65 bits per heavy atom. The summed E-state index contributed by atoms with van der Waals surface area (Å²) in [7, 11) is -6.94. The maximum absolute atomic E-state index is 11.7. The molecule has 20 heavy (non-hydrogen) atoms. The zero-order chi connectivity index (χ0) is 15.1. The van der Waals surface area contributed by atoms with Crippen molar-refractivity contribution in [2.24, 2.45) is 0 Å². The van der Waals surface area contributed by atoms with E-state index in [1.165, 1.54) is 24.3 Å². The molecule has 2 atom stereocenters. The lowest BCUT2D eigenvalue weighted by Crippen LogP contribution is -2.36. The highest BCUT2D eigenvalue weighted by atomic mass is 31.1. The van der Waals surface area contributed by atoms with Crippen molar-refractivity contribution in [2.75, 3.05) is 0 Å². The lowest BCUT2D eigenvalue weighted by molar-refractivity contribution is -0.0190. The molecule has 9 nitrogen and oxygen atoms in total. The number of carbonyl (C=O) groups excluding carboxylic acids is 1. The summed E-state index contributed by atoms with van der Waals surface area (Å²) in [5.74, 6) is -0.744. The summed E-state index contributed by atoms with van der Waals surface area (Å²) in [6.45, 7) is -0.185. The van der Waals surface area contributed by atoms with Gasteiger partial charge in [-0.05, 0) is 17.7 Å². The van der Waals surface area contributed by atoms with Crippen molar-refractivity contribution in [3.63, 3.8) is 0 Å². The number of amides is 1. The fourth-order valence-corrected chi connectivity index (χ4v) is 1.89. The normalized spacial score (nSPS) is 15.3. The summed E-state index contributed by atoms with van der Waals surface area (Å²) in [6.07, 6.45) is -1.81. The number of carbonyl (C=O) groups is 1.